The highest BCUT2D eigenvalue weighted by Crippen LogP contribution is 2.10. The first-order valence-electron chi connectivity index (χ1n) is 4.09. The quantitative estimate of drug-likeness (QED) is 0.635. The molecule has 0 aliphatic carbocycles. The zero-order valence-electron chi connectivity index (χ0n) is 7.50. The summed E-state index contributed by atoms with van der Waals surface area (Å²) in [4.78, 5) is 10.5. The first kappa shape index (κ1) is 11.7. The van der Waals surface area contributed by atoms with Crippen LogP contribution in [-0.2, 0) is 9.53 Å². The molecule has 1 saturated heterocycles. The summed E-state index contributed by atoms with van der Waals surface area (Å²) in [7, 11) is 0. The molecule has 2 atom stereocenters. The van der Waals surface area contributed by atoms with Crippen LogP contribution in [0.2, 0.25) is 0 Å². The summed E-state index contributed by atoms with van der Waals surface area (Å²) in [6.45, 7) is 4.41. The Hall–Kier alpha value is -0.280. The maximum Gasteiger partial charge on any atom is 0.302 e. The van der Waals surface area contributed by atoms with Crippen LogP contribution >= 0.6 is 12.4 Å². The van der Waals surface area contributed by atoms with E-state index >= 15 is 0 Å². The molecule has 0 saturated carbocycles. The van der Waals surface area contributed by atoms with Crippen molar-refractivity contribution in [2.24, 2.45) is 0 Å². The molecule has 1 rings (SSSR count). The maximum atomic E-state index is 10.5. The molecule has 0 amide bonds. The van der Waals surface area contributed by atoms with Crippen LogP contribution in [0.5, 0.6) is 0 Å². The summed E-state index contributed by atoms with van der Waals surface area (Å²) < 4.78 is 5.04. The lowest BCUT2D eigenvalue weighted by molar-refractivity contribution is -0.147. The highest BCUT2D eigenvalue weighted by atomic mass is 35.5. The van der Waals surface area contributed by atoms with Crippen molar-refractivity contribution in [3.8, 4) is 0 Å². The van der Waals surface area contributed by atoms with Gasteiger partial charge >= 0.3 is 5.97 Å². The van der Waals surface area contributed by atoms with Crippen LogP contribution in [0, 0.1) is 0 Å². The van der Waals surface area contributed by atoms with Gasteiger partial charge in [0.15, 0.2) is 0 Å². The summed E-state index contributed by atoms with van der Waals surface area (Å²) in [5, 5.41) is 3.26. The second-order valence-corrected chi connectivity index (χ2v) is 3.12. The molecule has 2 unspecified atom stereocenters. The largest absolute Gasteiger partial charge is 0.461 e. The molecule has 1 aliphatic rings. The van der Waals surface area contributed by atoms with Crippen molar-refractivity contribution in [3.05, 3.63) is 0 Å². The average molecular weight is 194 g/mol. The summed E-state index contributed by atoms with van der Waals surface area (Å²) in [5.41, 5.74) is 0. The topological polar surface area (TPSA) is 38.3 Å². The Labute approximate surface area is 79.3 Å². The smallest absolute Gasteiger partial charge is 0.302 e. The number of hydrogen-bond acceptors (Lipinski definition) is 3. The standard InChI is InChI=1S/C8H15NO2.ClH/c1-6-3-4-8(5-9-6)11-7(2)10;/h6,8-9H,3-5H2,1-2H3;1H. The van der Waals surface area contributed by atoms with Crippen LogP contribution < -0.4 is 5.32 Å². The second-order valence-electron chi connectivity index (χ2n) is 3.12. The highest BCUT2D eigenvalue weighted by molar-refractivity contribution is 5.85. The van der Waals surface area contributed by atoms with Crippen molar-refractivity contribution in [2.45, 2.75) is 38.8 Å². The summed E-state index contributed by atoms with van der Waals surface area (Å²) >= 11 is 0. The Kier molecular flexibility index (Phi) is 5.25. The van der Waals surface area contributed by atoms with Gasteiger partial charge in [0.05, 0.1) is 0 Å². The zero-order chi connectivity index (χ0) is 8.27. The van der Waals surface area contributed by atoms with Gasteiger partial charge in [-0.3, -0.25) is 4.79 Å². The van der Waals surface area contributed by atoms with E-state index in [0.717, 1.165) is 19.4 Å². The van der Waals surface area contributed by atoms with Gasteiger partial charge in [0.2, 0.25) is 0 Å². The Morgan fingerprint density at radius 2 is 2.17 bits per heavy atom. The minimum Gasteiger partial charge on any atom is -0.461 e. The van der Waals surface area contributed by atoms with E-state index < -0.39 is 0 Å². The first-order valence-corrected chi connectivity index (χ1v) is 4.09. The summed E-state index contributed by atoms with van der Waals surface area (Å²) in [6, 6.07) is 0.571. The Balaban J connectivity index is 0.00000121. The molecule has 72 valence electrons. The first-order chi connectivity index (χ1) is 5.18. The number of ether oxygens (including phenoxy) is 1. The van der Waals surface area contributed by atoms with Gasteiger partial charge in [0, 0.05) is 19.5 Å². The van der Waals surface area contributed by atoms with E-state index in [-0.39, 0.29) is 24.5 Å². The van der Waals surface area contributed by atoms with E-state index in [1.54, 1.807) is 0 Å². The van der Waals surface area contributed by atoms with Gasteiger partial charge < -0.3 is 10.1 Å². The normalized spacial score (nSPS) is 28.8. The van der Waals surface area contributed by atoms with E-state index in [4.69, 9.17) is 4.74 Å². The van der Waals surface area contributed by atoms with Crippen LogP contribution in [0.25, 0.3) is 0 Å². The third kappa shape index (κ3) is 3.93. The number of carbonyl (C=O) groups is 1. The van der Waals surface area contributed by atoms with Crippen LogP contribution in [0.15, 0.2) is 0 Å². The number of nitrogens with one attached hydrogen (secondary N) is 1. The molecular formula is C8H16ClNO2. The third-order valence-corrected chi connectivity index (χ3v) is 1.95. The van der Waals surface area contributed by atoms with Crippen molar-refractivity contribution in [2.75, 3.05) is 6.54 Å². The zero-order valence-corrected chi connectivity index (χ0v) is 8.32. The van der Waals surface area contributed by atoms with E-state index in [0.29, 0.717) is 6.04 Å². The second kappa shape index (κ2) is 5.38. The van der Waals surface area contributed by atoms with Gasteiger partial charge in [0.25, 0.3) is 0 Å². The van der Waals surface area contributed by atoms with E-state index in [9.17, 15) is 4.79 Å². The van der Waals surface area contributed by atoms with Crippen LogP contribution in [0.3, 0.4) is 0 Å². The van der Waals surface area contributed by atoms with Crippen LogP contribution in [0.1, 0.15) is 26.7 Å². The summed E-state index contributed by atoms with van der Waals surface area (Å²) in [5.74, 6) is -0.175. The molecule has 12 heavy (non-hydrogen) atoms. The van der Waals surface area contributed by atoms with Gasteiger partial charge in [-0.15, -0.1) is 12.4 Å². The SMILES string of the molecule is CC(=O)OC1CCC(C)NC1.Cl. The fourth-order valence-electron chi connectivity index (χ4n) is 1.31. The lowest BCUT2D eigenvalue weighted by Crippen LogP contribution is -2.41. The molecule has 1 aliphatic heterocycles. The van der Waals surface area contributed by atoms with Crippen molar-refractivity contribution in [1.82, 2.24) is 5.32 Å². The highest BCUT2D eigenvalue weighted by Gasteiger charge is 2.18. The van der Waals surface area contributed by atoms with Crippen molar-refractivity contribution in [1.29, 1.82) is 0 Å². The molecule has 4 heteroatoms. The van der Waals surface area contributed by atoms with Crippen molar-refractivity contribution >= 4 is 18.4 Å². The maximum absolute atomic E-state index is 10.5. The monoisotopic (exact) mass is 193 g/mol. The van der Waals surface area contributed by atoms with E-state index in [2.05, 4.69) is 12.2 Å². The van der Waals surface area contributed by atoms with Gasteiger partial charge in [-0.1, -0.05) is 0 Å². The molecule has 0 aromatic rings. The Morgan fingerprint density at radius 1 is 1.50 bits per heavy atom. The molecule has 0 spiro atoms. The van der Waals surface area contributed by atoms with Gasteiger partial charge in [0.1, 0.15) is 6.10 Å². The van der Waals surface area contributed by atoms with Crippen molar-refractivity contribution < 1.29 is 9.53 Å². The van der Waals surface area contributed by atoms with Crippen LogP contribution in [-0.4, -0.2) is 24.7 Å². The minimum atomic E-state index is -0.175. The molecule has 0 aromatic heterocycles. The van der Waals surface area contributed by atoms with Crippen molar-refractivity contribution in [3.63, 3.8) is 0 Å². The molecule has 1 heterocycles. The number of hydrogen-bond donors (Lipinski definition) is 1. The number of piperidine rings is 1. The minimum absolute atomic E-state index is 0. The molecule has 0 radical (unpaired) electrons. The van der Waals surface area contributed by atoms with Gasteiger partial charge in [-0.05, 0) is 19.8 Å². The molecular weight excluding hydrogens is 178 g/mol. The predicted molar refractivity (Wildman–Crippen MR) is 49.5 cm³/mol. The molecule has 0 aromatic carbocycles. The molecule has 1 fully saturated rings. The molecule has 0 bridgehead atoms. The number of carbonyl (C=O) groups excluding carboxylic acids is 1. The fourth-order valence-corrected chi connectivity index (χ4v) is 1.31. The van der Waals surface area contributed by atoms with Gasteiger partial charge in [-0.2, -0.15) is 0 Å². The van der Waals surface area contributed by atoms with Crippen LogP contribution in [0.4, 0.5) is 0 Å². The summed E-state index contributed by atoms with van der Waals surface area (Å²) in [6.07, 6.45) is 2.19. The Morgan fingerprint density at radius 3 is 2.58 bits per heavy atom. The van der Waals surface area contributed by atoms with Gasteiger partial charge in [-0.25, -0.2) is 0 Å². The Bertz CT molecular complexity index is 144. The van der Waals surface area contributed by atoms with E-state index in [1.165, 1.54) is 6.92 Å². The van der Waals surface area contributed by atoms with E-state index in [1.807, 2.05) is 0 Å². The number of halogens is 1. The number of rotatable bonds is 1. The predicted octanol–water partition coefficient (Wildman–Crippen LogP) is 1.11. The average Bonchev–Trinajstić information content (AvgIpc) is 1.93. The fraction of sp³-hybridized carbons (Fsp3) is 0.875. The number of esters is 1. The lowest BCUT2D eigenvalue weighted by Gasteiger charge is -2.26. The lowest BCUT2D eigenvalue weighted by atomic mass is 10.0. The molecule has 1 N–H and O–H groups in total. The molecule has 3 nitrogen and oxygen atoms in total. The third-order valence-electron chi connectivity index (χ3n) is 1.95.